The fourth-order valence-corrected chi connectivity index (χ4v) is 7.43. The second-order valence-corrected chi connectivity index (χ2v) is 13.2. The van der Waals surface area contributed by atoms with Gasteiger partial charge < -0.3 is 0 Å². The van der Waals surface area contributed by atoms with E-state index in [1.54, 1.807) is 18.3 Å². The van der Waals surface area contributed by atoms with Gasteiger partial charge in [-0.25, -0.2) is 4.99 Å². The summed E-state index contributed by atoms with van der Waals surface area (Å²) in [7, 11) is 0. The average Bonchev–Trinajstić information content (AvgIpc) is 3.27. The van der Waals surface area contributed by atoms with Crippen LogP contribution in [-0.2, 0) is 5.41 Å². The number of nitrogens with zero attached hydrogens (tertiary/aromatic N) is 3. The van der Waals surface area contributed by atoms with Gasteiger partial charge in [-0.15, -0.1) is 0 Å². The summed E-state index contributed by atoms with van der Waals surface area (Å²) >= 11 is 0. The van der Waals surface area contributed by atoms with Crippen molar-refractivity contribution in [3.8, 4) is 17.2 Å². The zero-order valence-electron chi connectivity index (χ0n) is 27.6. The molecule has 0 aliphatic heterocycles. The van der Waals surface area contributed by atoms with Crippen LogP contribution in [0.3, 0.4) is 0 Å². The van der Waals surface area contributed by atoms with E-state index in [4.69, 9.17) is 15.7 Å². The Morgan fingerprint density at radius 1 is 0.787 bits per heavy atom. The fourth-order valence-electron chi connectivity index (χ4n) is 7.43. The molecule has 1 fully saturated rings. The predicted molar refractivity (Wildman–Crippen MR) is 197 cm³/mol. The van der Waals surface area contributed by atoms with Crippen LogP contribution < -0.4 is 0 Å². The zero-order chi connectivity index (χ0) is 32.8. The monoisotopic (exact) mass is 614 g/mol. The summed E-state index contributed by atoms with van der Waals surface area (Å²) in [6.07, 6.45) is 7.99. The largest absolute Gasteiger partial charge is 0.282 e. The standard InChI is InChI=1S/C43H42N4/c1-4-43(26-30(2)14-15-31(3)27-43)40-25-24-37(38-12-8-9-13-39(38)40)33-18-20-34(21-19-33)41(47-42(45)35-10-6-5-7-11-35)29-46-36-22-16-32(28-44)17-23-36/h5-13,16-25,29-31,45H,4,14-15,26-27H2,1-3H3/b45-42?,46-29+,47-41+/t30-,31+,43?. The van der Waals surface area contributed by atoms with Crippen molar-refractivity contribution in [1.82, 2.24) is 0 Å². The van der Waals surface area contributed by atoms with E-state index >= 15 is 0 Å². The van der Waals surface area contributed by atoms with Gasteiger partial charge in [0.25, 0.3) is 0 Å². The summed E-state index contributed by atoms with van der Waals surface area (Å²) in [6, 6.07) is 40.9. The first-order valence-electron chi connectivity index (χ1n) is 16.8. The van der Waals surface area contributed by atoms with Crippen LogP contribution in [0.25, 0.3) is 21.9 Å². The van der Waals surface area contributed by atoms with Crippen molar-refractivity contribution in [2.24, 2.45) is 21.8 Å². The summed E-state index contributed by atoms with van der Waals surface area (Å²) in [5.41, 5.74) is 7.57. The molecule has 0 radical (unpaired) electrons. The van der Waals surface area contributed by atoms with Crippen LogP contribution in [0, 0.1) is 28.6 Å². The molecule has 4 nitrogen and oxygen atoms in total. The second kappa shape index (κ2) is 14.1. The molecule has 1 aliphatic carbocycles. The SMILES string of the molecule is CCC1(c2ccc(-c3ccc(C(/C=N/c4ccc(C#N)cc4)=N/C(=N)c4ccccc4)cc3)c3ccccc23)C[C@H](C)CC[C@H](C)C1. The highest BCUT2D eigenvalue weighted by atomic mass is 14.9. The summed E-state index contributed by atoms with van der Waals surface area (Å²) < 4.78 is 0. The topological polar surface area (TPSA) is 72.4 Å². The minimum Gasteiger partial charge on any atom is -0.282 e. The van der Waals surface area contributed by atoms with Crippen LogP contribution in [0.2, 0.25) is 0 Å². The molecule has 0 bridgehead atoms. The Morgan fingerprint density at radius 2 is 1.43 bits per heavy atom. The molecular weight excluding hydrogens is 573 g/mol. The normalized spacial score (nSPS) is 20.2. The lowest BCUT2D eigenvalue weighted by molar-refractivity contribution is 0.297. The first-order chi connectivity index (χ1) is 22.9. The molecule has 0 heterocycles. The Kier molecular flexibility index (Phi) is 9.55. The number of fused-ring (bicyclic) bond motifs is 1. The van der Waals surface area contributed by atoms with E-state index < -0.39 is 0 Å². The Bertz CT molecular complexity index is 1950. The van der Waals surface area contributed by atoms with Gasteiger partial charge in [-0.1, -0.05) is 125 Å². The number of nitriles is 1. The van der Waals surface area contributed by atoms with E-state index in [-0.39, 0.29) is 11.3 Å². The molecule has 0 saturated heterocycles. The van der Waals surface area contributed by atoms with E-state index in [1.807, 2.05) is 42.5 Å². The van der Waals surface area contributed by atoms with Gasteiger partial charge in [0.05, 0.1) is 29.2 Å². The molecule has 47 heavy (non-hydrogen) atoms. The lowest BCUT2D eigenvalue weighted by atomic mass is 9.67. The van der Waals surface area contributed by atoms with Crippen molar-refractivity contribution >= 4 is 34.2 Å². The second-order valence-electron chi connectivity index (χ2n) is 13.2. The van der Waals surface area contributed by atoms with Crippen LogP contribution in [0.15, 0.2) is 125 Å². The third-order valence-electron chi connectivity index (χ3n) is 9.91. The number of hydrogen-bond donors (Lipinski definition) is 1. The number of nitrogens with one attached hydrogen (secondary N) is 1. The van der Waals surface area contributed by atoms with Crippen LogP contribution in [-0.4, -0.2) is 17.8 Å². The molecule has 3 atom stereocenters. The zero-order valence-corrected chi connectivity index (χ0v) is 27.6. The molecule has 1 saturated carbocycles. The maximum Gasteiger partial charge on any atom is 0.152 e. The van der Waals surface area contributed by atoms with Gasteiger partial charge >= 0.3 is 0 Å². The molecular formula is C43H42N4. The molecule has 1 unspecified atom stereocenters. The molecule has 4 heteroatoms. The molecule has 234 valence electrons. The van der Waals surface area contributed by atoms with Crippen molar-refractivity contribution in [1.29, 1.82) is 10.7 Å². The van der Waals surface area contributed by atoms with Gasteiger partial charge in [0, 0.05) is 11.1 Å². The smallest absolute Gasteiger partial charge is 0.152 e. The van der Waals surface area contributed by atoms with E-state index in [2.05, 4.69) is 92.5 Å². The van der Waals surface area contributed by atoms with Gasteiger partial charge in [-0.3, -0.25) is 10.4 Å². The highest BCUT2D eigenvalue weighted by Gasteiger charge is 2.37. The first-order valence-corrected chi connectivity index (χ1v) is 16.8. The Morgan fingerprint density at radius 3 is 2.06 bits per heavy atom. The molecule has 1 N–H and O–H groups in total. The molecule has 0 amide bonds. The van der Waals surface area contributed by atoms with Crippen molar-refractivity contribution in [2.45, 2.75) is 58.3 Å². The Labute approximate surface area is 279 Å². The maximum atomic E-state index is 9.16. The Hall–Kier alpha value is -5.14. The highest BCUT2D eigenvalue weighted by molar-refractivity contribution is 6.40. The van der Waals surface area contributed by atoms with Crippen molar-refractivity contribution in [3.63, 3.8) is 0 Å². The van der Waals surface area contributed by atoms with Gasteiger partial charge in [-0.05, 0) is 88.2 Å². The van der Waals surface area contributed by atoms with Crippen molar-refractivity contribution < 1.29 is 0 Å². The van der Waals surface area contributed by atoms with E-state index in [0.29, 0.717) is 17.0 Å². The summed E-state index contributed by atoms with van der Waals surface area (Å²) in [4.78, 5) is 9.37. The number of hydrogen-bond acceptors (Lipinski definition) is 3. The van der Waals surface area contributed by atoms with E-state index in [0.717, 1.165) is 34.9 Å². The number of rotatable bonds is 7. The van der Waals surface area contributed by atoms with Crippen LogP contribution in [0.1, 0.15) is 75.1 Å². The molecule has 5 aromatic rings. The first kappa shape index (κ1) is 31.8. The number of aliphatic imine (C=N–C) groups is 2. The highest BCUT2D eigenvalue weighted by Crippen LogP contribution is 2.48. The van der Waals surface area contributed by atoms with Gasteiger partial charge in [0.15, 0.2) is 5.84 Å². The van der Waals surface area contributed by atoms with Crippen LogP contribution in [0.5, 0.6) is 0 Å². The van der Waals surface area contributed by atoms with E-state index in [9.17, 15) is 0 Å². The quantitative estimate of drug-likeness (QED) is 0.111. The maximum absolute atomic E-state index is 9.16. The van der Waals surface area contributed by atoms with Gasteiger partial charge in [-0.2, -0.15) is 5.26 Å². The lowest BCUT2D eigenvalue weighted by Crippen LogP contribution is -2.28. The number of amidine groups is 1. The Balaban J connectivity index is 1.38. The number of benzene rings is 5. The molecule has 6 rings (SSSR count). The summed E-state index contributed by atoms with van der Waals surface area (Å²) in [6.45, 7) is 7.26. The minimum atomic E-state index is 0.171. The van der Waals surface area contributed by atoms with Gasteiger partial charge in [0.1, 0.15) is 0 Å². The van der Waals surface area contributed by atoms with Crippen LogP contribution in [0.4, 0.5) is 5.69 Å². The van der Waals surface area contributed by atoms with Crippen molar-refractivity contribution in [3.05, 3.63) is 138 Å². The average molecular weight is 615 g/mol. The summed E-state index contributed by atoms with van der Waals surface area (Å²) in [5, 5.41) is 20.5. The third-order valence-corrected chi connectivity index (χ3v) is 9.91. The lowest BCUT2D eigenvalue weighted by Gasteiger charge is -2.37. The predicted octanol–water partition coefficient (Wildman–Crippen LogP) is 11.1. The molecule has 0 spiro atoms. The minimum absolute atomic E-state index is 0.171. The van der Waals surface area contributed by atoms with Crippen molar-refractivity contribution in [2.75, 3.05) is 0 Å². The van der Waals surface area contributed by atoms with Gasteiger partial charge in [0.2, 0.25) is 0 Å². The molecule has 5 aromatic carbocycles. The fraction of sp³-hybridized carbons (Fsp3) is 0.256. The molecule has 1 aliphatic rings. The summed E-state index contributed by atoms with van der Waals surface area (Å²) in [5.74, 6) is 1.63. The molecule has 0 aromatic heterocycles. The van der Waals surface area contributed by atoms with Crippen LogP contribution >= 0.6 is 0 Å². The third kappa shape index (κ3) is 7.00. The van der Waals surface area contributed by atoms with E-state index in [1.165, 1.54) is 47.6 Å².